The van der Waals surface area contributed by atoms with E-state index >= 15 is 0 Å². The summed E-state index contributed by atoms with van der Waals surface area (Å²) in [6.07, 6.45) is 5.73. The van der Waals surface area contributed by atoms with Crippen molar-refractivity contribution in [2.75, 3.05) is 6.61 Å². The van der Waals surface area contributed by atoms with Crippen LogP contribution in [0, 0.1) is 0 Å². The van der Waals surface area contributed by atoms with E-state index in [-0.39, 0.29) is 17.9 Å². The van der Waals surface area contributed by atoms with E-state index in [0.29, 0.717) is 12.2 Å². The molecule has 1 rings (SSSR count). The number of hydrogen-bond acceptors (Lipinski definition) is 5. The van der Waals surface area contributed by atoms with Crippen molar-refractivity contribution in [2.24, 2.45) is 5.73 Å². The predicted molar refractivity (Wildman–Crippen MR) is 81.2 cm³/mol. The molecule has 1 unspecified atom stereocenters. The summed E-state index contributed by atoms with van der Waals surface area (Å²) in [5.41, 5.74) is 6.46. The monoisotopic (exact) mass is 295 g/mol. The Balaban J connectivity index is 2.29. The highest BCUT2D eigenvalue weighted by Crippen LogP contribution is 2.25. The Bertz CT molecular complexity index is 448. The van der Waals surface area contributed by atoms with E-state index in [0.717, 1.165) is 19.3 Å². The molecule has 0 saturated carbocycles. The van der Waals surface area contributed by atoms with Gasteiger partial charge in [-0.05, 0) is 30.5 Å². The van der Waals surface area contributed by atoms with Gasteiger partial charge in [0.15, 0.2) is 11.5 Å². The minimum Gasteiger partial charge on any atom is -0.504 e. The number of phenolic OH excluding ortho intramolecular Hbond substituents is 2. The SMILES string of the molecule is CCCCCCCOC(=O)C(N)Cc1ccc(O)c(O)c1. The van der Waals surface area contributed by atoms with Crippen LogP contribution in [-0.4, -0.2) is 28.8 Å². The van der Waals surface area contributed by atoms with Crippen molar-refractivity contribution < 1.29 is 19.7 Å². The van der Waals surface area contributed by atoms with Crippen LogP contribution in [0.15, 0.2) is 18.2 Å². The lowest BCUT2D eigenvalue weighted by atomic mass is 10.1. The van der Waals surface area contributed by atoms with Gasteiger partial charge in [-0.3, -0.25) is 4.79 Å². The van der Waals surface area contributed by atoms with Crippen LogP contribution >= 0.6 is 0 Å². The summed E-state index contributed by atoms with van der Waals surface area (Å²) in [5.74, 6) is -0.843. The van der Waals surface area contributed by atoms with Gasteiger partial charge in [0.25, 0.3) is 0 Å². The zero-order valence-corrected chi connectivity index (χ0v) is 12.5. The normalized spacial score (nSPS) is 12.1. The highest BCUT2D eigenvalue weighted by molar-refractivity contribution is 5.75. The van der Waals surface area contributed by atoms with Crippen LogP contribution in [0.25, 0.3) is 0 Å². The van der Waals surface area contributed by atoms with Crippen molar-refractivity contribution in [3.8, 4) is 11.5 Å². The van der Waals surface area contributed by atoms with Crippen LogP contribution in [0.2, 0.25) is 0 Å². The van der Waals surface area contributed by atoms with E-state index in [2.05, 4.69) is 6.92 Å². The molecule has 1 atom stereocenters. The van der Waals surface area contributed by atoms with Crippen LogP contribution in [0.3, 0.4) is 0 Å². The van der Waals surface area contributed by atoms with Crippen molar-refractivity contribution in [1.82, 2.24) is 0 Å². The Kier molecular flexibility index (Phi) is 7.61. The fourth-order valence-corrected chi connectivity index (χ4v) is 2.02. The molecule has 0 heterocycles. The van der Waals surface area contributed by atoms with Gasteiger partial charge < -0.3 is 20.7 Å². The largest absolute Gasteiger partial charge is 0.504 e. The molecule has 0 saturated heterocycles. The molecule has 0 radical (unpaired) electrons. The van der Waals surface area contributed by atoms with Crippen molar-refractivity contribution in [3.05, 3.63) is 23.8 Å². The molecule has 1 aromatic carbocycles. The first kappa shape index (κ1) is 17.3. The van der Waals surface area contributed by atoms with Crippen molar-refractivity contribution in [1.29, 1.82) is 0 Å². The van der Waals surface area contributed by atoms with Crippen LogP contribution in [-0.2, 0) is 16.0 Å². The Hall–Kier alpha value is -1.75. The molecule has 4 N–H and O–H groups in total. The van der Waals surface area contributed by atoms with Gasteiger partial charge in [-0.25, -0.2) is 0 Å². The number of carbonyl (C=O) groups excluding carboxylic acids is 1. The number of benzene rings is 1. The number of hydrogen-bond donors (Lipinski definition) is 3. The Morgan fingerprint density at radius 3 is 2.57 bits per heavy atom. The lowest BCUT2D eigenvalue weighted by Gasteiger charge is -2.12. The van der Waals surface area contributed by atoms with Crippen molar-refractivity contribution in [2.45, 2.75) is 51.5 Å². The molecular weight excluding hydrogens is 270 g/mol. The van der Waals surface area contributed by atoms with Gasteiger partial charge in [0.05, 0.1) is 6.61 Å². The maximum absolute atomic E-state index is 11.7. The third-order valence-corrected chi connectivity index (χ3v) is 3.29. The quantitative estimate of drug-likeness (QED) is 0.370. The molecule has 0 aliphatic rings. The Morgan fingerprint density at radius 1 is 1.19 bits per heavy atom. The summed E-state index contributed by atoms with van der Waals surface area (Å²) in [5, 5.41) is 18.6. The molecule has 0 fully saturated rings. The second-order valence-electron chi connectivity index (χ2n) is 5.22. The van der Waals surface area contributed by atoms with E-state index in [1.165, 1.54) is 25.0 Å². The second kappa shape index (κ2) is 9.23. The summed E-state index contributed by atoms with van der Waals surface area (Å²) in [6.45, 7) is 2.55. The molecule has 5 heteroatoms. The topological polar surface area (TPSA) is 92.8 Å². The van der Waals surface area contributed by atoms with Crippen LogP contribution in [0.1, 0.15) is 44.6 Å². The molecule has 118 valence electrons. The minimum absolute atomic E-state index is 0.193. The Morgan fingerprint density at radius 2 is 1.90 bits per heavy atom. The fraction of sp³-hybridized carbons (Fsp3) is 0.562. The second-order valence-corrected chi connectivity index (χ2v) is 5.22. The summed E-state index contributed by atoms with van der Waals surface area (Å²) in [7, 11) is 0. The number of esters is 1. The van der Waals surface area contributed by atoms with Gasteiger partial charge >= 0.3 is 5.97 Å². The molecule has 0 bridgehead atoms. The first-order valence-corrected chi connectivity index (χ1v) is 7.47. The van der Waals surface area contributed by atoms with E-state index in [1.807, 2.05) is 0 Å². The van der Waals surface area contributed by atoms with E-state index in [9.17, 15) is 15.0 Å². The number of unbranched alkanes of at least 4 members (excludes halogenated alkanes) is 4. The number of aromatic hydroxyl groups is 2. The molecule has 5 nitrogen and oxygen atoms in total. The number of carbonyl (C=O) groups is 1. The standard InChI is InChI=1S/C16H25NO4/c1-2-3-4-5-6-9-21-16(20)13(17)10-12-7-8-14(18)15(19)11-12/h7-8,11,13,18-19H,2-6,9-10,17H2,1H3. The van der Waals surface area contributed by atoms with Gasteiger partial charge in [-0.1, -0.05) is 38.7 Å². The zero-order valence-electron chi connectivity index (χ0n) is 12.5. The fourth-order valence-electron chi connectivity index (χ4n) is 2.02. The molecule has 0 aliphatic carbocycles. The lowest BCUT2D eigenvalue weighted by molar-refractivity contribution is -0.145. The maximum Gasteiger partial charge on any atom is 0.323 e. The maximum atomic E-state index is 11.7. The minimum atomic E-state index is -0.760. The van der Waals surface area contributed by atoms with E-state index < -0.39 is 12.0 Å². The number of ether oxygens (including phenoxy) is 1. The molecule has 0 amide bonds. The highest BCUT2D eigenvalue weighted by Gasteiger charge is 2.16. The summed E-state index contributed by atoms with van der Waals surface area (Å²) in [6, 6.07) is 3.63. The van der Waals surface area contributed by atoms with Gasteiger partial charge in [0, 0.05) is 0 Å². The molecule has 0 aromatic heterocycles. The third kappa shape index (κ3) is 6.49. The van der Waals surface area contributed by atoms with Gasteiger partial charge in [0.2, 0.25) is 0 Å². The van der Waals surface area contributed by atoms with E-state index in [4.69, 9.17) is 10.5 Å². The Labute approximate surface area is 125 Å². The number of phenols is 2. The molecule has 21 heavy (non-hydrogen) atoms. The molecular formula is C16H25NO4. The lowest BCUT2D eigenvalue weighted by Crippen LogP contribution is -2.34. The van der Waals surface area contributed by atoms with Crippen LogP contribution in [0.4, 0.5) is 0 Å². The number of rotatable bonds is 9. The molecule has 0 aliphatic heterocycles. The smallest absolute Gasteiger partial charge is 0.323 e. The average Bonchev–Trinajstić information content (AvgIpc) is 2.46. The van der Waals surface area contributed by atoms with Crippen LogP contribution in [0.5, 0.6) is 11.5 Å². The summed E-state index contributed by atoms with van der Waals surface area (Å²) >= 11 is 0. The zero-order chi connectivity index (χ0) is 15.7. The summed E-state index contributed by atoms with van der Waals surface area (Å²) < 4.78 is 5.13. The third-order valence-electron chi connectivity index (χ3n) is 3.29. The predicted octanol–water partition coefficient (Wildman–Crippen LogP) is 2.48. The first-order valence-electron chi connectivity index (χ1n) is 7.47. The van der Waals surface area contributed by atoms with Gasteiger partial charge in [-0.15, -0.1) is 0 Å². The van der Waals surface area contributed by atoms with Gasteiger partial charge in [-0.2, -0.15) is 0 Å². The highest BCUT2D eigenvalue weighted by atomic mass is 16.5. The summed E-state index contributed by atoms with van der Waals surface area (Å²) in [4.78, 5) is 11.7. The van der Waals surface area contributed by atoms with Crippen molar-refractivity contribution >= 4 is 5.97 Å². The molecule has 0 spiro atoms. The average molecular weight is 295 g/mol. The number of nitrogens with two attached hydrogens (primary N) is 1. The van der Waals surface area contributed by atoms with Gasteiger partial charge in [0.1, 0.15) is 6.04 Å². The van der Waals surface area contributed by atoms with Crippen LogP contribution < -0.4 is 5.73 Å². The van der Waals surface area contributed by atoms with Crippen molar-refractivity contribution in [3.63, 3.8) is 0 Å². The van der Waals surface area contributed by atoms with E-state index in [1.54, 1.807) is 6.07 Å². The molecule has 1 aromatic rings. The first-order chi connectivity index (χ1) is 10.0.